The molecule has 2 amide bonds. The molecule has 7 heteroatoms. The van der Waals surface area contributed by atoms with Crippen LogP contribution in [0.25, 0.3) is 0 Å². The number of hydrogen-bond donors (Lipinski definition) is 2. The van der Waals surface area contributed by atoms with E-state index in [1.54, 1.807) is 0 Å². The largest absolute Gasteiger partial charge is 0.337 e. The fourth-order valence-electron chi connectivity index (χ4n) is 3.55. The number of thiophene rings is 1. The van der Waals surface area contributed by atoms with Crippen molar-refractivity contribution in [2.75, 3.05) is 25.0 Å². The minimum atomic E-state index is -0.478. The Hall–Kier alpha value is -1.89. The van der Waals surface area contributed by atoms with E-state index in [-0.39, 0.29) is 36.1 Å². The molecular formula is C22H30ClN3O2S. The van der Waals surface area contributed by atoms with E-state index in [4.69, 9.17) is 5.73 Å². The summed E-state index contributed by atoms with van der Waals surface area (Å²) in [5.74, 6) is 0.485. The predicted molar refractivity (Wildman–Crippen MR) is 122 cm³/mol. The van der Waals surface area contributed by atoms with Crippen LogP contribution in [0.15, 0.2) is 36.4 Å². The molecule has 2 atom stereocenters. The van der Waals surface area contributed by atoms with Crippen molar-refractivity contribution in [2.45, 2.75) is 33.6 Å². The van der Waals surface area contributed by atoms with Crippen molar-refractivity contribution in [1.29, 1.82) is 0 Å². The highest BCUT2D eigenvalue weighted by atomic mass is 35.5. The molecule has 29 heavy (non-hydrogen) atoms. The second-order valence-electron chi connectivity index (χ2n) is 8.55. The van der Waals surface area contributed by atoms with Crippen LogP contribution in [0.1, 0.15) is 47.5 Å². The van der Waals surface area contributed by atoms with Crippen molar-refractivity contribution in [2.24, 2.45) is 17.1 Å². The molecule has 3 rings (SSSR count). The standard InChI is InChI=1S/C22H29N3O2S.ClH/c1-14-10-18(24-21(27)22(2,3)4)28-19(14)20(26)25-12-16(11-23)17(13-25)15-8-6-5-7-9-15;/h5-10,16-17H,11-13,23H2,1-4H3,(H,24,27);1H/t16-,17+;/m1./s1. The molecule has 0 spiro atoms. The van der Waals surface area contributed by atoms with Crippen molar-refractivity contribution in [3.8, 4) is 0 Å². The fourth-order valence-corrected chi connectivity index (χ4v) is 4.59. The van der Waals surface area contributed by atoms with Gasteiger partial charge in [0.25, 0.3) is 5.91 Å². The van der Waals surface area contributed by atoms with Gasteiger partial charge in [0.05, 0.1) is 9.88 Å². The van der Waals surface area contributed by atoms with E-state index in [1.165, 1.54) is 16.9 Å². The molecule has 1 saturated heterocycles. The monoisotopic (exact) mass is 435 g/mol. The number of nitrogens with one attached hydrogen (secondary N) is 1. The smallest absolute Gasteiger partial charge is 0.264 e. The van der Waals surface area contributed by atoms with Crippen molar-refractivity contribution >= 4 is 40.6 Å². The molecule has 1 fully saturated rings. The molecule has 2 aromatic rings. The Kier molecular flexibility index (Phi) is 7.49. The molecule has 0 unspecified atom stereocenters. The maximum atomic E-state index is 13.2. The SMILES string of the molecule is Cc1cc(NC(=O)C(C)(C)C)sc1C(=O)N1C[C@@H](CN)[C@H](c2ccccc2)C1.Cl. The summed E-state index contributed by atoms with van der Waals surface area (Å²) in [5.41, 5.74) is 7.66. The topological polar surface area (TPSA) is 75.4 Å². The third-order valence-electron chi connectivity index (χ3n) is 5.29. The fraction of sp³-hybridized carbons (Fsp3) is 0.455. The molecule has 0 aliphatic carbocycles. The van der Waals surface area contributed by atoms with Gasteiger partial charge in [0, 0.05) is 24.4 Å². The van der Waals surface area contributed by atoms with Crippen LogP contribution in [-0.4, -0.2) is 36.3 Å². The maximum Gasteiger partial charge on any atom is 0.264 e. The minimum Gasteiger partial charge on any atom is -0.337 e. The van der Waals surface area contributed by atoms with E-state index in [9.17, 15) is 9.59 Å². The summed E-state index contributed by atoms with van der Waals surface area (Å²) in [5, 5.41) is 3.65. The molecule has 1 aliphatic heterocycles. The summed E-state index contributed by atoms with van der Waals surface area (Å²) in [6.45, 7) is 9.42. The zero-order chi connectivity index (χ0) is 20.5. The first kappa shape index (κ1) is 23.4. The molecule has 2 heterocycles. The first-order valence-electron chi connectivity index (χ1n) is 9.67. The zero-order valence-corrected chi connectivity index (χ0v) is 19.0. The van der Waals surface area contributed by atoms with Gasteiger partial charge in [-0.3, -0.25) is 9.59 Å². The van der Waals surface area contributed by atoms with Gasteiger partial charge in [-0.15, -0.1) is 23.7 Å². The maximum absolute atomic E-state index is 13.2. The number of nitrogens with two attached hydrogens (primary N) is 1. The highest BCUT2D eigenvalue weighted by Crippen LogP contribution is 2.35. The van der Waals surface area contributed by atoms with Gasteiger partial charge in [-0.2, -0.15) is 0 Å². The predicted octanol–water partition coefficient (Wildman–Crippen LogP) is 4.28. The van der Waals surface area contributed by atoms with Crippen LogP contribution < -0.4 is 11.1 Å². The molecule has 0 bridgehead atoms. The Balaban J connectivity index is 0.00000300. The number of aryl methyl sites for hydroxylation is 1. The molecule has 5 nitrogen and oxygen atoms in total. The minimum absolute atomic E-state index is 0. The van der Waals surface area contributed by atoms with Gasteiger partial charge in [0.2, 0.25) is 5.91 Å². The molecule has 1 aromatic heterocycles. The second kappa shape index (κ2) is 9.28. The quantitative estimate of drug-likeness (QED) is 0.752. The number of nitrogens with zero attached hydrogens (tertiary/aromatic N) is 1. The van der Waals surface area contributed by atoms with Gasteiger partial charge in [0.1, 0.15) is 0 Å². The van der Waals surface area contributed by atoms with Gasteiger partial charge in [-0.1, -0.05) is 51.1 Å². The van der Waals surface area contributed by atoms with Gasteiger partial charge < -0.3 is 16.0 Å². The van der Waals surface area contributed by atoms with Crippen molar-refractivity contribution in [1.82, 2.24) is 4.90 Å². The third kappa shape index (κ3) is 5.18. The number of benzene rings is 1. The Morgan fingerprint density at radius 3 is 2.45 bits per heavy atom. The Morgan fingerprint density at radius 1 is 1.21 bits per heavy atom. The average molecular weight is 436 g/mol. The summed E-state index contributed by atoms with van der Waals surface area (Å²) >= 11 is 1.35. The number of amides is 2. The van der Waals surface area contributed by atoms with Crippen LogP contribution in [-0.2, 0) is 4.79 Å². The van der Waals surface area contributed by atoms with Crippen molar-refractivity contribution in [3.05, 3.63) is 52.4 Å². The Morgan fingerprint density at radius 2 is 1.86 bits per heavy atom. The van der Waals surface area contributed by atoms with E-state index in [1.807, 2.05) is 56.9 Å². The summed E-state index contributed by atoms with van der Waals surface area (Å²) in [6.07, 6.45) is 0. The molecule has 3 N–H and O–H groups in total. The lowest BCUT2D eigenvalue weighted by Gasteiger charge is -2.17. The lowest BCUT2D eigenvalue weighted by atomic mass is 9.89. The Labute approximate surface area is 183 Å². The highest BCUT2D eigenvalue weighted by Gasteiger charge is 2.36. The van der Waals surface area contributed by atoms with Crippen LogP contribution in [0.5, 0.6) is 0 Å². The molecule has 0 radical (unpaired) electrons. The highest BCUT2D eigenvalue weighted by molar-refractivity contribution is 7.18. The number of carbonyl (C=O) groups is 2. The van der Waals surface area contributed by atoms with E-state index >= 15 is 0 Å². The number of halogens is 1. The lowest BCUT2D eigenvalue weighted by Crippen LogP contribution is -2.29. The van der Waals surface area contributed by atoms with Crippen LogP contribution >= 0.6 is 23.7 Å². The van der Waals surface area contributed by atoms with Crippen LogP contribution in [0.3, 0.4) is 0 Å². The second-order valence-corrected chi connectivity index (χ2v) is 9.60. The van der Waals surface area contributed by atoms with Gasteiger partial charge in [0.15, 0.2) is 0 Å². The van der Waals surface area contributed by atoms with E-state index in [0.29, 0.717) is 24.5 Å². The molecule has 0 saturated carbocycles. The van der Waals surface area contributed by atoms with E-state index in [0.717, 1.165) is 10.6 Å². The van der Waals surface area contributed by atoms with Gasteiger partial charge in [-0.05, 0) is 36.6 Å². The molecule has 1 aromatic carbocycles. The van der Waals surface area contributed by atoms with Crippen molar-refractivity contribution in [3.63, 3.8) is 0 Å². The summed E-state index contributed by atoms with van der Waals surface area (Å²) in [7, 11) is 0. The molecule has 1 aliphatic rings. The number of anilines is 1. The summed E-state index contributed by atoms with van der Waals surface area (Å²) in [6, 6.07) is 12.2. The summed E-state index contributed by atoms with van der Waals surface area (Å²) in [4.78, 5) is 28.0. The third-order valence-corrected chi connectivity index (χ3v) is 6.43. The van der Waals surface area contributed by atoms with Crippen LogP contribution in [0.4, 0.5) is 5.00 Å². The van der Waals surface area contributed by atoms with E-state index < -0.39 is 5.41 Å². The number of carbonyl (C=O) groups excluding carboxylic acids is 2. The van der Waals surface area contributed by atoms with Crippen LogP contribution in [0, 0.1) is 18.3 Å². The molecular weight excluding hydrogens is 406 g/mol. The number of hydrogen-bond acceptors (Lipinski definition) is 4. The number of rotatable bonds is 4. The average Bonchev–Trinajstić information content (AvgIpc) is 3.24. The Bertz CT molecular complexity index is 861. The van der Waals surface area contributed by atoms with E-state index in [2.05, 4.69) is 17.4 Å². The first-order chi connectivity index (χ1) is 13.2. The zero-order valence-electron chi connectivity index (χ0n) is 17.4. The lowest BCUT2D eigenvalue weighted by molar-refractivity contribution is -0.123. The van der Waals surface area contributed by atoms with Gasteiger partial charge >= 0.3 is 0 Å². The van der Waals surface area contributed by atoms with Crippen LogP contribution in [0.2, 0.25) is 0 Å². The molecule has 158 valence electrons. The summed E-state index contributed by atoms with van der Waals surface area (Å²) < 4.78 is 0. The van der Waals surface area contributed by atoms with Crippen molar-refractivity contribution < 1.29 is 9.59 Å². The first-order valence-corrected chi connectivity index (χ1v) is 10.5. The van der Waals surface area contributed by atoms with Gasteiger partial charge in [-0.25, -0.2) is 0 Å². The number of likely N-dealkylation sites (tertiary alicyclic amines) is 1. The normalized spacial score (nSPS) is 19.0.